The number of ether oxygens (including phenoxy) is 1. The lowest BCUT2D eigenvalue weighted by molar-refractivity contribution is -0.121. The molecule has 0 saturated heterocycles. The van der Waals surface area contributed by atoms with Crippen LogP contribution < -0.4 is 10.1 Å². The molecule has 2 rings (SSSR count). The van der Waals surface area contributed by atoms with Gasteiger partial charge in [-0.1, -0.05) is 13.8 Å². The lowest BCUT2D eigenvalue weighted by atomic mass is 10.2. The maximum Gasteiger partial charge on any atom is 0.221 e. The highest BCUT2D eigenvalue weighted by Gasteiger charge is 2.11. The lowest BCUT2D eigenvalue weighted by Gasteiger charge is -2.10. The van der Waals surface area contributed by atoms with Crippen LogP contribution in [0.5, 0.6) is 5.75 Å². The Kier molecular flexibility index (Phi) is 6.54. The predicted molar refractivity (Wildman–Crippen MR) is 96.5 cm³/mol. The summed E-state index contributed by atoms with van der Waals surface area (Å²) in [7, 11) is 0. The number of aromatic amines is 1. The number of nitrogens with one attached hydrogen (secondary N) is 2. The lowest BCUT2D eigenvalue weighted by Crippen LogP contribution is -2.28. The molecule has 0 fully saturated rings. The number of carbonyl (C=O) groups excluding carboxylic acids is 1. The number of amides is 1. The van der Waals surface area contributed by atoms with E-state index in [0.717, 1.165) is 17.1 Å². The van der Waals surface area contributed by atoms with E-state index in [1.807, 2.05) is 35.8 Å². The maximum atomic E-state index is 11.9. The van der Waals surface area contributed by atoms with E-state index in [4.69, 9.17) is 17.0 Å². The van der Waals surface area contributed by atoms with Crippen LogP contribution >= 0.6 is 12.2 Å². The van der Waals surface area contributed by atoms with Crippen LogP contribution in [0.4, 0.5) is 0 Å². The van der Waals surface area contributed by atoms with Gasteiger partial charge in [0.1, 0.15) is 5.75 Å². The summed E-state index contributed by atoms with van der Waals surface area (Å²) in [5.41, 5.74) is 0.924. The molecule has 1 aromatic carbocycles. The molecule has 0 unspecified atom stereocenters. The molecule has 0 aliphatic carbocycles. The second-order valence-electron chi connectivity index (χ2n) is 5.91. The first-order valence-corrected chi connectivity index (χ1v) is 8.57. The summed E-state index contributed by atoms with van der Waals surface area (Å²) < 4.78 is 7.81. The van der Waals surface area contributed by atoms with Crippen molar-refractivity contribution in [1.29, 1.82) is 0 Å². The molecule has 1 amide bonds. The monoisotopic (exact) mass is 348 g/mol. The van der Waals surface area contributed by atoms with Gasteiger partial charge in [0.2, 0.25) is 5.91 Å². The Morgan fingerprint density at radius 1 is 1.38 bits per heavy atom. The summed E-state index contributed by atoms with van der Waals surface area (Å²) in [6.45, 7) is 7.88. The molecule has 0 atom stereocenters. The smallest absolute Gasteiger partial charge is 0.221 e. The summed E-state index contributed by atoms with van der Waals surface area (Å²) in [5.74, 6) is 1.99. The van der Waals surface area contributed by atoms with Crippen molar-refractivity contribution < 1.29 is 9.53 Å². The van der Waals surface area contributed by atoms with Gasteiger partial charge >= 0.3 is 0 Å². The zero-order valence-corrected chi connectivity index (χ0v) is 15.2. The van der Waals surface area contributed by atoms with E-state index in [2.05, 4.69) is 29.4 Å². The van der Waals surface area contributed by atoms with Gasteiger partial charge in [-0.2, -0.15) is 5.10 Å². The summed E-state index contributed by atoms with van der Waals surface area (Å²) in [4.78, 5) is 11.9. The Morgan fingerprint density at radius 3 is 2.71 bits per heavy atom. The third-order valence-corrected chi connectivity index (χ3v) is 3.76. The average Bonchev–Trinajstić information content (AvgIpc) is 2.93. The van der Waals surface area contributed by atoms with E-state index in [1.54, 1.807) is 0 Å². The molecule has 1 aromatic heterocycles. The highest BCUT2D eigenvalue weighted by molar-refractivity contribution is 7.71. The first-order valence-electron chi connectivity index (χ1n) is 8.16. The van der Waals surface area contributed by atoms with Crippen molar-refractivity contribution >= 4 is 18.1 Å². The van der Waals surface area contributed by atoms with E-state index < -0.39 is 0 Å². The highest BCUT2D eigenvalue weighted by Crippen LogP contribution is 2.21. The molecule has 130 valence electrons. The minimum absolute atomic E-state index is 0.0180. The normalized spacial score (nSPS) is 10.8. The fraction of sp³-hybridized carbons (Fsp3) is 0.471. The van der Waals surface area contributed by atoms with E-state index in [1.165, 1.54) is 0 Å². The van der Waals surface area contributed by atoms with E-state index in [-0.39, 0.29) is 5.91 Å². The molecule has 0 saturated carbocycles. The first-order chi connectivity index (χ1) is 11.5. The standard InChI is InChI=1S/C17H24N4O2S/c1-4-23-14-7-5-13(6-8-14)16-19-20-17(24)21(16)10-9-15(22)18-11-12(2)3/h5-8,12H,4,9-11H2,1-3H3,(H,18,22)(H,20,24). The van der Waals surface area contributed by atoms with E-state index in [0.29, 0.717) is 36.8 Å². The number of rotatable bonds is 8. The van der Waals surface area contributed by atoms with Crippen molar-refractivity contribution in [3.05, 3.63) is 29.0 Å². The molecule has 2 N–H and O–H groups in total. The van der Waals surface area contributed by atoms with Crippen LogP contribution in [0.2, 0.25) is 0 Å². The minimum atomic E-state index is 0.0180. The molecule has 0 aliphatic heterocycles. The topological polar surface area (TPSA) is 71.9 Å². The summed E-state index contributed by atoms with van der Waals surface area (Å²) in [5, 5.41) is 10.0. The molecular formula is C17H24N4O2S. The fourth-order valence-corrected chi connectivity index (χ4v) is 2.46. The quantitative estimate of drug-likeness (QED) is 0.719. The molecule has 24 heavy (non-hydrogen) atoms. The van der Waals surface area contributed by atoms with Gasteiger partial charge in [0.15, 0.2) is 10.6 Å². The van der Waals surface area contributed by atoms with E-state index >= 15 is 0 Å². The van der Waals surface area contributed by atoms with Gasteiger partial charge < -0.3 is 10.1 Å². The van der Waals surface area contributed by atoms with Crippen LogP contribution in [0.25, 0.3) is 11.4 Å². The van der Waals surface area contributed by atoms with Gasteiger partial charge in [0.25, 0.3) is 0 Å². The zero-order valence-electron chi connectivity index (χ0n) is 14.3. The molecule has 2 aromatic rings. The van der Waals surface area contributed by atoms with E-state index in [9.17, 15) is 4.79 Å². The van der Waals surface area contributed by atoms with Crippen molar-refractivity contribution in [3.63, 3.8) is 0 Å². The Labute approximate surface area is 147 Å². The van der Waals surface area contributed by atoms with Crippen LogP contribution in [-0.4, -0.2) is 33.8 Å². The fourth-order valence-electron chi connectivity index (χ4n) is 2.23. The zero-order chi connectivity index (χ0) is 17.5. The van der Waals surface area contributed by atoms with Crippen molar-refractivity contribution in [1.82, 2.24) is 20.1 Å². The second-order valence-corrected chi connectivity index (χ2v) is 6.30. The van der Waals surface area contributed by atoms with Gasteiger partial charge in [-0.25, -0.2) is 0 Å². The molecular weight excluding hydrogens is 324 g/mol. The third kappa shape index (κ3) is 4.92. The number of H-pyrrole nitrogens is 1. The van der Waals surface area contributed by atoms with Crippen LogP contribution in [0, 0.1) is 10.7 Å². The van der Waals surface area contributed by atoms with Gasteiger partial charge in [0.05, 0.1) is 6.61 Å². The van der Waals surface area contributed by atoms with Crippen LogP contribution in [0.1, 0.15) is 27.2 Å². The van der Waals surface area contributed by atoms with Crippen molar-refractivity contribution in [2.75, 3.05) is 13.2 Å². The summed E-state index contributed by atoms with van der Waals surface area (Å²) in [6, 6.07) is 7.67. The minimum Gasteiger partial charge on any atom is -0.494 e. The molecule has 1 heterocycles. The Morgan fingerprint density at radius 2 is 2.08 bits per heavy atom. The Balaban J connectivity index is 2.08. The average molecular weight is 348 g/mol. The van der Waals surface area contributed by atoms with Crippen LogP contribution in [-0.2, 0) is 11.3 Å². The molecule has 0 aliphatic rings. The Hall–Kier alpha value is -2.15. The van der Waals surface area contributed by atoms with Gasteiger partial charge in [-0.3, -0.25) is 14.5 Å². The summed E-state index contributed by atoms with van der Waals surface area (Å²) >= 11 is 5.29. The van der Waals surface area contributed by atoms with Gasteiger partial charge in [-0.05, 0) is 49.3 Å². The number of carbonyl (C=O) groups is 1. The number of hydrogen-bond donors (Lipinski definition) is 2. The SMILES string of the molecule is CCOc1ccc(-c2n[nH]c(=S)n2CCC(=O)NCC(C)C)cc1. The van der Waals surface area contributed by atoms with Crippen molar-refractivity contribution in [3.8, 4) is 17.1 Å². The third-order valence-electron chi connectivity index (χ3n) is 3.45. The first kappa shape index (κ1) is 18.2. The van der Waals surface area contributed by atoms with Gasteiger partial charge in [0, 0.05) is 25.1 Å². The van der Waals surface area contributed by atoms with Gasteiger partial charge in [-0.15, -0.1) is 0 Å². The Bertz CT molecular complexity index is 719. The number of hydrogen-bond acceptors (Lipinski definition) is 4. The van der Waals surface area contributed by atoms with Crippen molar-refractivity contribution in [2.24, 2.45) is 5.92 Å². The number of aromatic nitrogens is 3. The van der Waals surface area contributed by atoms with Crippen molar-refractivity contribution in [2.45, 2.75) is 33.7 Å². The molecule has 0 bridgehead atoms. The number of benzene rings is 1. The summed E-state index contributed by atoms with van der Waals surface area (Å²) in [6.07, 6.45) is 0.366. The molecule has 7 heteroatoms. The molecule has 6 nitrogen and oxygen atoms in total. The molecule has 0 spiro atoms. The van der Waals surface area contributed by atoms with Crippen LogP contribution in [0.3, 0.4) is 0 Å². The number of nitrogens with zero attached hydrogens (tertiary/aromatic N) is 2. The second kappa shape index (κ2) is 8.63. The molecule has 0 radical (unpaired) electrons. The largest absolute Gasteiger partial charge is 0.494 e. The van der Waals surface area contributed by atoms with Crippen LogP contribution in [0.15, 0.2) is 24.3 Å². The highest BCUT2D eigenvalue weighted by atomic mass is 32.1. The maximum absolute atomic E-state index is 11.9. The predicted octanol–water partition coefficient (Wildman–Crippen LogP) is 3.17.